The molecular formula is C20H23IN2O2. The summed E-state index contributed by atoms with van der Waals surface area (Å²) in [4.78, 5) is 11.9. The van der Waals surface area contributed by atoms with E-state index in [1.54, 1.807) is 0 Å². The number of terminal acetylenes is 1. The highest BCUT2D eigenvalue weighted by atomic mass is 127. The summed E-state index contributed by atoms with van der Waals surface area (Å²) in [6, 6.07) is 12.5. The van der Waals surface area contributed by atoms with Crippen LogP contribution in [0.2, 0.25) is 0 Å². The Kier molecular flexibility index (Phi) is 9.85. The van der Waals surface area contributed by atoms with Gasteiger partial charge in [0, 0.05) is 31.4 Å². The van der Waals surface area contributed by atoms with E-state index in [1.807, 2.05) is 31.1 Å². The number of pyridine rings is 1. The first-order valence-corrected chi connectivity index (χ1v) is 7.81. The highest BCUT2D eigenvalue weighted by Crippen LogP contribution is 2.15. The van der Waals surface area contributed by atoms with Crippen LogP contribution >= 0.6 is 0 Å². The molecule has 0 N–H and O–H groups in total. The lowest BCUT2D eigenvalue weighted by atomic mass is 10.1. The van der Waals surface area contributed by atoms with Crippen molar-refractivity contribution in [2.75, 3.05) is 31.7 Å². The lowest BCUT2D eigenvalue weighted by Gasteiger charge is -2.18. The van der Waals surface area contributed by atoms with Gasteiger partial charge in [-0.1, -0.05) is 30.2 Å². The van der Waals surface area contributed by atoms with Crippen LogP contribution in [0.4, 0.5) is 5.69 Å². The first-order valence-electron chi connectivity index (χ1n) is 7.81. The molecule has 2 aromatic rings. The summed E-state index contributed by atoms with van der Waals surface area (Å²) in [7, 11) is 4.02. The number of hydrogen-bond acceptors (Lipinski definition) is 3. The Morgan fingerprint density at radius 3 is 2.24 bits per heavy atom. The molecule has 1 aromatic heterocycles. The van der Waals surface area contributed by atoms with E-state index in [0.29, 0.717) is 6.61 Å². The molecule has 0 aliphatic carbocycles. The molecule has 4 nitrogen and oxygen atoms in total. The van der Waals surface area contributed by atoms with E-state index in [2.05, 4.69) is 59.4 Å². The van der Waals surface area contributed by atoms with Gasteiger partial charge in [0.05, 0.1) is 6.61 Å². The van der Waals surface area contributed by atoms with Gasteiger partial charge in [0.1, 0.15) is 13.7 Å². The second-order valence-corrected chi connectivity index (χ2v) is 5.43. The van der Waals surface area contributed by atoms with E-state index >= 15 is 0 Å². The molecule has 0 atom stereocenters. The smallest absolute Gasteiger partial charge is 0.169 e. The van der Waals surface area contributed by atoms with Crippen molar-refractivity contribution < 1.29 is 38.3 Å². The number of aryl methyl sites for hydroxylation is 1. The van der Waals surface area contributed by atoms with Crippen LogP contribution in [0.5, 0.6) is 0 Å². The third-order valence-corrected chi connectivity index (χ3v) is 3.54. The van der Waals surface area contributed by atoms with E-state index in [-0.39, 0.29) is 30.6 Å². The number of likely N-dealkylation sites (N-methyl/N-ethyl adjacent to an activating group) is 1. The van der Waals surface area contributed by atoms with Crippen molar-refractivity contribution >= 4 is 17.8 Å². The van der Waals surface area contributed by atoms with E-state index < -0.39 is 0 Å². The standard InChI is InChI=1S/C20H23N2O2.HI/c1-4-16-23-24-17-15-22(3)20-9-7-18(8-10-20)5-6-19-11-13-21(2)14-12-19;/h1,5-14H,15-17H2,2-3H3;1H/q+1;/p-1. The number of rotatable bonds is 8. The molecule has 132 valence electrons. The van der Waals surface area contributed by atoms with Crippen molar-refractivity contribution in [3.8, 4) is 12.3 Å². The Balaban J connectivity index is 0.00000312. The summed E-state index contributed by atoms with van der Waals surface area (Å²) in [5, 5.41) is 0. The molecular weight excluding hydrogens is 427 g/mol. The van der Waals surface area contributed by atoms with Crippen LogP contribution in [-0.4, -0.2) is 26.8 Å². The van der Waals surface area contributed by atoms with Gasteiger partial charge >= 0.3 is 0 Å². The predicted molar refractivity (Wildman–Crippen MR) is 97.0 cm³/mol. The molecule has 0 aliphatic heterocycles. The maximum Gasteiger partial charge on any atom is 0.169 e. The van der Waals surface area contributed by atoms with Gasteiger partial charge in [-0.05, 0) is 23.3 Å². The summed E-state index contributed by atoms with van der Waals surface area (Å²) in [5.74, 6) is 2.35. The highest BCUT2D eigenvalue weighted by molar-refractivity contribution is 5.70. The third-order valence-electron chi connectivity index (χ3n) is 3.54. The molecule has 0 amide bonds. The average Bonchev–Trinajstić information content (AvgIpc) is 2.61. The minimum atomic E-state index is 0. The van der Waals surface area contributed by atoms with E-state index in [0.717, 1.165) is 17.8 Å². The van der Waals surface area contributed by atoms with Crippen molar-refractivity contribution in [2.24, 2.45) is 7.05 Å². The van der Waals surface area contributed by atoms with Gasteiger partial charge in [0.2, 0.25) is 0 Å². The SMILES string of the molecule is C#CCOOCCN(C)c1ccc(/C=C/c2cc[n+](C)cc2)cc1.[I-]. The molecule has 0 fully saturated rings. The number of hydrogen-bond donors (Lipinski definition) is 0. The van der Waals surface area contributed by atoms with Crippen molar-refractivity contribution in [3.05, 3.63) is 59.9 Å². The summed E-state index contributed by atoms with van der Waals surface area (Å²) < 4.78 is 2.02. The second-order valence-electron chi connectivity index (χ2n) is 5.43. The zero-order chi connectivity index (χ0) is 17.2. The number of anilines is 1. The van der Waals surface area contributed by atoms with Crippen LogP contribution in [0, 0.1) is 12.3 Å². The molecule has 1 heterocycles. The maximum atomic E-state index is 5.07. The first-order chi connectivity index (χ1) is 11.7. The molecule has 0 saturated carbocycles. The lowest BCUT2D eigenvalue weighted by molar-refractivity contribution is -0.671. The minimum absolute atomic E-state index is 0. The summed E-state index contributed by atoms with van der Waals surface area (Å²) in [6.07, 6.45) is 13.4. The van der Waals surface area contributed by atoms with Crippen LogP contribution < -0.4 is 33.4 Å². The highest BCUT2D eigenvalue weighted by Gasteiger charge is 2.01. The molecule has 5 heteroatoms. The van der Waals surface area contributed by atoms with Crippen molar-refractivity contribution in [1.82, 2.24) is 0 Å². The second kappa shape index (κ2) is 11.6. The number of nitrogens with zero attached hydrogens (tertiary/aromatic N) is 2. The van der Waals surface area contributed by atoms with Crippen molar-refractivity contribution in [2.45, 2.75) is 0 Å². The fourth-order valence-corrected chi connectivity index (χ4v) is 2.09. The summed E-state index contributed by atoms with van der Waals surface area (Å²) >= 11 is 0. The van der Waals surface area contributed by atoms with Gasteiger partial charge in [-0.25, -0.2) is 14.3 Å². The van der Waals surface area contributed by atoms with E-state index in [9.17, 15) is 0 Å². The zero-order valence-electron chi connectivity index (χ0n) is 14.6. The fourth-order valence-electron chi connectivity index (χ4n) is 2.09. The Morgan fingerprint density at radius 1 is 1.04 bits per heavy atom. The monoisotopic (exact) mass is 450 g/mol. The Morgan fingerprint density at radius 2 is 1.64 bits per heavy atom. The first kappa shape index (κ1) is 21.2. The predicted octanol–water partition coefficient (Wildman–Crippen LogP) is -0.297. The molecule has 0 unspecified atom stereocenters. The van der Waals surface area contributed by atoms with Crippen LogP contribution in [0.3, 0.4) is 0 Å². The average molecular weight is 450 g/mol. The Bertz CT molecular complexity index is 691. The van der Waals surface area contributed by atoms with Crippen LogP contribution in [-0.2, 0) is 16.8 Å². The normalized spacial score (nSPS) is 10.3. The van der Waals surface area contributed by atoms with Gasteiger partial charge < -0.3 is 28.9 Å². The van der Waals surface area contributed by atoms with Gasteiger partial charge in [0.25, 0.3) is 0 Å². The molecule has 25 heavy (non-hydrogen) atoms. The third kappa shape index (κ3) is 7.69. The molecule has 1 aromatic carbocycles. The van der Waals surface area contributed by atoms with E-state index in [1.165, 1.54) is 5.56 Å². The van der Waals surface area contributed by atoms with Gasteiger partial charge in [-0.15, -0.1) is 6.42 Å². The summed E-state index contributed by atoms with van der Waals surface area (Å²) in [6.45, 7) is 1.36. The number of aromatic nitrogens is 1. The molecule has 2 rings (SSSR count). The van der Waals surface area contributed by atoms with Crippen molar-refractivity contribution in [1.29, 1.82) is 0 Å². The topological polar surface area (TPSA) is 25.6 Å². The Hall–Kier alpha value is -1.88. The fraction of sp³-hybridized carbons (Fsp3) is 0.250. The molecule has 0 radical (unpaired) electrons. The van der Waals surface area contributed by atoms with Crippen molar-refractivity contribution in [3.63, 3.8) is 0 Å². The molecule has 0 bridgehead atoms. The van der Waals surface area contributed by atoms with E-state index in [4.69, 9.17) is 16.2 Å². The molecule has 0 saturated heterocycles. The molecule has 0 spiro atoms. The maximum absolute atomic E-state index is 5.07. The lowest BCUT2D eigenvalue weighted by Crippen LogP contribution is -3.00. The zero-order valence-corrected chi connectivity index (χ0v) is 16.7. The summed E-state index contributed by atoms with van der Waals surface area (Å²) in [5.41, 5.74) is 3.46. The van der Waals surface area contributed by atoms with Crippen LogP contribution in [0.1, 0.15) is 11.1 Å². The number of halogens is 1. The van der Waals surface area contributed by atoms with Gasteiger partial charge in [-0.3, -0.25) is 0 Å². The van der Waals surface area contributed by atoms with Gasteiger partial charge in [-0.2, -0.15) is 0 Å². The molecule has 0 aliphatic rings. The van der Waals surface area contributed by atoms with Gasteiger partial charge in [0.15, 0.2) is 12.4 Å². The Labute approximate surface area is 167 Å². The van der Waals surface area contributed by atoms with Crippen LogP contribution in [0.15, 0.2) is 48.8 Å². The minimum Gasteiger partial charge on any atom is -1.00 e. The van der Waals surface area contributed by atoms with Crippen LogP contribution in [0.25, 0.3) is 12.2 Å². The largest absolute Gasteiger partial charge is 1.00 e. The number of benzene rings is 1. The quantitative estimate of drug-likeness (QED) is 0.138.